The molecular formula is C23H25NO. The first-order valence-corrected chi connectivity index (χ1v) is 8.68. The summed E-state index contributed by atoms with van der Waals surface area (Å²) in [5, 5.41) is 3.47. The normalized spacial score (nSPS) is 10.5. The quantitative estimate of drug-likeness (QED) is 0.616. The minimum atomic E-state index is 0.599. The summed E-state index contributed by atoms with van der Waals surface area (Å²) in [5.74, 6) is 0.899. The molecule has 0 saturated heterocycles. The minimum absolute atomic E-state index is 0.599. The van der Waals surface area contributed by atoms with Crippen LogP contribution in [0.2, 0.25) is 0 Å². The maximum atomic E-state index is 5.87. The van der Waals surface area contributed by atoms with Gasteiger partial charge in [-0.25, -0.2) is 0 Å². The SMILES string of the molecule is Cc1cccc(COc2ccc(CNc3ccc(C)c(C)c3)cc2)c1. The molecule has 0 aliphatic heterocycles. The van der Waals surface area contributed by atoms with Crippen molar-refractivity contribution in [1.82, 2.24) is 0 Å². The van der Waals surface area contributed by atoms with E-state index in [2.05, 4.69) is 80.7 Å². The van der Waals surface area contributed by atoms with Gasteiger partial charge in [0.05, 0.1) is 0 Å². The highest BCUT2D eigenvalue weighted by atomic mass is 16.5. The first-order valence-electron chi connectivity index (χ1n) is 8.68. The average Bonchev–Trinajstić information content (AvgIpc) is 2.62. The summed E-state index contributed by atoms with van der Waals surface area (Å²) in [6.07, 6.45) is 0. The van der Waals surface area contributed by atoms with Crippen LogP contribution in [0.4, 0.5) is 5.69 Å². The van der Waals surface area contributed by atoms with Crippen molar-refractivity contribution in [3.63, 3.8) is 0 Å². The van der Waals surface area contributed by atoms with E-state index in [1.807, 2.05) is 12.1 Å². The molecule has 0 fully saturated rings. The van der Waals surface area contributed by atoms with Gasteiger partial charge in [0, 0.05) is 12.2 Å². The smallest absolute Gasteiger partial charge is 0.119 e. The largest absolute Gasteiger partial charge is 0.489 e. The van der Waals surface area contributed by atoms with E-state index < -0.39 is 0 Å². The maximum Gasteiger partial charge on any atom is 0.119 e. The van der Waals surface area contributed by atoms with Crippen LogP contribution in [-0.2, 0) is 13.2 Å². The highest BCUT2D eigenvalue weighted by molar-refractivity contribution is 5.48. The van der Waals surface area contributed by atoms with Crippen molar-refractivity contribution < 1.29 is 4.74 Å². The third-order valence-corrected chi connectivity index (χ3v) is 4.41. The third-order valence-electron chi connectivity index (χ3n) is 4.41. The van der Waals surface area contributed by atoms with Gasteiger partial charge in [-0.3, -0.25) is 0 Å². The van der Waals surface area contributed by atoms with Crippen molar-refractivity contribution >= 4 is 5.69 Å². The van der Waals surface area contributed by atoms with Gasteiger partial charge < -0.3 is 10.1 Å². The molecule has 128 valence electrons. The van der Waals surface area contributed by atoms with Gasteiger partial charge in [0.1, 0.15) is 12.4 Å². The Morgan fingerprint density at radius 3 is 2.28 bits per heavy atom. The number of aryl methyl sites for hydroxylation is 3. The second-order valence-corrected chi connectivity index (χ2v) is 6.57. The van der Waals surface area contributed by atoms with E-state index in [1.54, 1.807) is 0 Å². The topological polar surface area (TPSA) is 21.3 Å². The maximum absolute atomic E-state index is 5.87. The van der Waals surface area contributed by atoms with Gasteiger partial charge in [0.2, 0.25) is 0 Å². The predicted molar refractivity (Wildman–Crippen MR) is 105 cm³/mol. The van der Waals surface area contributed by atoms with Crippen LogP contribution in [0.1, 0.15) is 27.8 Å². The van der Waals surface area contributed by atoms with Crippen LogP contribution < -0.4 is 10.1 Å². The van der Waals surface area contributed by atoms with Gasteiger partial charge in [-0.2, -0.15) is 0 Å². The van der Waals surface area contributed by atoms with Gasteiger partial charge in [-0.05, 0) is 67.3 Å². The van der Waals surface area contributed by atoms with E-state index in [0.29, 0.717) is 6.61 Å². The molecule has 0 saturated carbocycles. The van der Waals surface area contributed by atoms with Crippen LogP contribution in [-0.4, -0.2) is 0 Å². The number of ether oxygens (including phenoxy) is 1. The van der Waals surface area contributed by atoms with Crippen LogP contribution in [0.15, 0.2) is 66.7 Å². The molecule has 0 heterocycles. The zero-order chi connectivity index (χ0) is 17.6. The second-order valence-electron chi connectivity index (χ2n) is 6.57. The molecule has 3 rings (SSSR count). The Kier molecular flexibility index (Phi) is 5.39. The Morgan fingerprint density at radius 1 is 0.760 bits per heavy atom. The lowest BCUT2D eigenvalue weighted by Gasteiger charge is -2.10. The summed E-state index contributed by atoms with van der Waals surface area (Å²) in [4.78, 5) is 0. The molecule has 3 aromatic rings. The van der Waals surface area contributed by atoms with E-state index >= 15 is 0 Å². The molecule has 0 spiro atoms. The summed E-state index contributed by atoms with van der Waals surface area (Å²) in [5.41, 5.74) is 7.48. The van der Waals surface area contributed by atoms with Crippen LogP contribution in [0.3, 0.4) is 0 Å². The Morgan fingerprint density at radius 2 is 1.56 bits per heavy atom. The zero-order valence-corrected chi connectivity index (χ0v) is 15.2. The molecular weight excluding hydrogens is 306 g/mol. The summed E-state index contributed by atoms with van der Waals surface area (Å²) in [7, 11) is 0. The van der Waals surface area contributed by atoms with Gasteiger partial charge in [0.15, 0.2) is 0 Å². The molecule has 0 atom stereocenters. The van der Waals surface area contributed by atoms with Crippen LogP contribution in [0.25, 0.3) is 0 Å². The Hall–Kier alpha value is -2.74. The zero-order valence-electron chi connectivity index (χ0n) is 15.2. The number of hydrogen-bond acceptors (Lipinski definition) is 2. The van der Waals surface area contributed by atoms with E-state index in [0.717, 1.165) is 18.0 Å². The van der Waals surface area contributed by atoms with Gasteiger partial charge in [0.25, 0.3) is 0 Å². The molecule has 0 aromatic heterocycles. The summed E-state index contributed by atoms with van der Waals surface area (Å²) < 4.78 is 5.87. The predicted octanol–water partition coefficient (Wildman–Crippen LogP) is 5.80. The first kappa shape index (κ1) is 17.1. The van der Waals surface area contributed by atoms with Gasteiger partial charge in [-0.15, -0.1) is 0 Å². The number of rotatable bonds is 6. The molecule has 2 heteroatoms. The first-order chi connectivity index (χ1) is 12.1. The van der Waals surface area contributed by atoms with Crippen LogP contribution in [0.5, 0.6) is 5.75 Å². The molecule has 2 nitrogen and oxygen atoms in total. The molecule has 0 bridgehead atoms. The van der Waals surface area contributed by atoms with E-state index in [-0.39, 0.29) is 0 Å². The summed E-state index contributed by atoms with van der Waals surface area (Å²) in [6, 6.07) is 23.2. The molecule has 0 amide bonds. The summed E-state index contributed by atoms with van der Waals surface area (Å²) >= 11 is 0. The van der Waals surface area contributed by atoms with Gasteiger partial charge in [-0.1, -0.05) is 48.0 Å². The molecule has 0 radical (unpaired) electrons. The lowest BCUT2D eigenvalue weighted by molar-refractivity contribution is 0.306. The second kappa shape index (κ2) is 7.89. The molecule has 0 aliphatic carbocycles. The Bertz CT molecular complexity index is 837. The molecule has 0 unspecified atom stereocenters. The Labute approximate surface area is 150 Å². The van der Waals surface area contributed by atoms with Crippen molar-refractivity contribution in [1.29, 1.82) is 0 Å². The van der Waals surface area contributed by atoms with E-state index in [4.69, 9.17) is 4.74 Å². The number of nitrogens with one attached hydrogen (secondary N) is 1. The lowest BCUT2D eigenvalue weighted by Crippen LogP contribution is -2.00. The third kappa shape index (κ3) is 4.87. The standard InChI is InChI=1S/C23H25NO/c1-17-5-4-6-21(13-17)16-25-23-11-8-20(9-12-23)15-24-22-10-7-18(2)19(3)14-22/h4-14,24H,15-16H2,1-3H3. The Balaban J connectivity index is 1.54. The molecule has 3 aromatic carbocycles. The van der Waals surface area contributed by atoms with Gasteiger partial charge >= 0.3 is 0 Å². The van der Waals surface area contributed by atoms with Crippen LogP contribution in [0, 0.1) is 20.8 Å². The molecule has 0 aliphatic rings. The van der Waals surface area contributed by atoms with Crippen molar-refractivity contribution in [2.45, 2.75) is 33.9 Å². The lowest BCUT2D eigenvalue weighted by atomic mass is 10.1. The fraction of sp³-hybridized carbons (Fsp3) is 0.217. The fourth-order valence-electron chi connectivity index (χ4n) is 2.73. The monoisotopic (exact) mass is 331 g/mol. The average molecular weight is 331 g/mol. The molecule has 1 N–H and O–H groups in total. The van der Waals surface area contributed by atoms with Crippen LogP contribution >= 0.6 is 0 Å². The van der Waals surface area contributed by atoms with Crippen molar-refractivity contribution in [3.8, 4) is 5.75 Å². The number of benzene rings is 3. The van der Waals surface area contributed by atoms with Crippen molar-refractivity contribution in [2.24, 2.45) is 0 Å². The minimum Gasteiger partial charge on any atom is -0.489 e. The highest BCUT2D eigenvalue weighted by Gasteiger charge is 2.00. The van der Waals surface area contributed by atoms with Crippen molar-refractivity contribution in [3.05, 3.63) is 94.5 Å². The molecule has 25 heavy (non-hydrogen) atoms. The number of anilines is 1. The van der Waals surface area contributed by atoms with Crippen molar-refractivity contribution in [2.75, 3.05) is 5.32 Å². The van der Waals surface area contributed by atoms with E-state index in [9.17, 15) is 0 Å². The summed E-state index contributed by atoms with van der Waals surface area (Å²) in [6.45, 7) is 7.78. The number of hydrogen-bond donors (Lipinski definition) is 1. The fourth-order valence-corrected chi connectivity index (χ4v) is 2.73. The van der Waals surface area contributed by atoms with E-state index in [1.165, 1.54) is 27.8 Å². The highest BCUT2D eigenvalue weighted by Crippen LogP contribution is 2.18.